The van der Waals surface area contributed by atoms with Crippen LogP contribution in [0.15, 0.2) is 132 Å². The van der Waals surface area contributed by atoms with E-state index in [0.717, 1.165) is 27.1 Å². The van der Waals surface area contributed by atoms with Crippen LogP contribution in [0.1, 0.15) is 37.9 Å². The van der Waals surface area contributed by atoms with Gasteiger partial charge in [-0.25, -0.2) is 0 Å². The zero-order chi connectivity index (χ0) is 34.0. The molecule has 5 rings (SSSR count). The zero-order valence-electron chi connectivity index (χ0n) is 26.6. The Balaban J connectivity index is 1.34. The highest BCUT2D eigenvalue weighted by Gasteiger charge is 2.24. The second-order valence-electron chi connectivity index (χ2n) is 11.0. The molecule has 0 aliphatic carbocycles. The number of rotatable bonds is 11. The minimum Gasteiger partial charge on any atom is -0.495 e. The van der Waals surface area contributed by atoms with Crippen molar-refractivity contribution in [3.63, 3.8) is 0 Å². The molecule has 0 saturated heterocycles. The van der Waals surface area contributed by atoms with E-state index in [1.54, 1.807) is 54.6 Å². The molecule has 3 N–H and O–H groups in total. The highest BCUT2D eigenvalue weighted by atomic mass is 35.5. The Bertz CT molecular complexity index is 1950. The first-order valence-corrected chi connectivity index (χ1v) is 16.4. The standard InChI is InChI=1S/C39H34ClN3O4S/c1-25-11-10-12-27(21-25)23-34(43-37(44)29-15-8-5-9-16-29)38(45)41-30-17-19-31(20-18-30)48-36(28-13-6-4-7-14-28)39(46)42-33-22-26(2)32(40)24-35(33)47-3/h4-24,36H,1-3H3,(H,41,45)(H,42,46)(H,43,44)/b34-23-. The summed E-state index contributed by atoms with van der Waals surface area (Å²) >= 11 is 7.65. The fourth-order valence-corrected chi connectivity index (χ4v) is 6.03. The van der Waals surface area contributed by atoms with Crippen molar-refractivity contribution in [2.75, 3.05) is 17.7 Å². The molecular formula is C39H34ClN3O4S. The van der Waals surface area contributed by atoms with Gasteiger partial charge in [-0.05, 0) is 79.1 Å². The summed E-state index contributed by atoms with van der Waals surface area (Å²) in [5.74, 6) is -0.640. The van der Waals surface area contributed by atoms with Crippen LogP contribution in [0.4, 0.5) is 11.4 Å². The molecule has 0 aromatic heterocycles. The second kappa shape index (κ2) is 16.0. The number of aryl methyl sites for hydroxylation is 2. The molecule has 9 heteroatoms. The van der Waals surface area contributed by atoms with Gasteiger partial charge in [-0.15, -0.1) is 11.8 Å². The summed E-state index contributed by atoms with van der Waals surface area (Å²) in [7, 11) is 1.53. The van der Waals surface area contributed by atoms with Crippen LogP contribution in [0.3, 0.4) is 0 Å². The molecule has 3 amide bonds. The number of amides is 3. The molecular weight excluding hydrogens is 642 g/mol. The maximum atomic E-state index is 13.7. The van der Waals surface area contributed by atoms with Crippen molar-refractivity contribution in [1.82, 2.24) is 5.32 Å². The van der Waals surface area contributed by atoms with Crippen molar-refractivity contribution in [3.05, 3.63) is 160 Å². The van der Waals surface area contributed by atoms with Gasteiger partial charge < -0.3 is 20.7 Å². The van der Waals surface area contributed by atoms with Crippen LogP contribution in [0.5, 0.6) is 5.75 Å². The molecule has 5 aromatic carbocycles. The van der Waals surface area contributed by atoms with Crippen molar-refractivity contribution < 1.29 is 19.1 Å². The molecule has 0 bridgehead atoms. The topological polar surface area (TPSA) is 96.5 Å². The molecule has 5 aromatic rings. The number of nitrogens with one attached hydrogen (secondary N) is 3. The quantitative estimate of drug-likeness (QED) is 0.0960. The number of ether oxygens (including phenoxy) is 1. The van der Waals surface area contributed by atoms with Gasteiger partial charge in [0.2, 0.25) is 5.91 Å². The SMILES string of the molecule is COc1cc(Cl)c(C)cc1NC(=O)C(Sc1ccc(NC(=O)/C(=C/c2cccc(C)c2)NC(=O)c2ccccc2)cc1)c1ccccc1. The van der Waals surface area contributed by atoms with Gasteiger partial charge in [-0.3, -0.25) is 14.4 Å². The summed E-state index contributed by atoms with van der Waals surface area (Å²) < 4.78 is 5.46. The van der Waals surface area contributed by atoms with E-state index in [-0.39, 0.29) is 11.6 Å². The average Bonchev–Trinajstić information content (AvgIpc) is 3.09. The van der Waals surface area contributed by atoms with Gasteiger partial charge >= 0.3 is 0 Å². The smallest absolute Gasteiger partial charge is 0.272 e. The third-order valence-electron chi connectivity index (χ3n) is 7.33. The van der Waals surface area contributed by atoms with E-state index < -0.39 is 17.1 Å². The summed E-state index contributed by atoms with van der Waals surface area (Å²) in [5.41, 5.74) is 5.01. The number of halogens is 1. The van der Waals surface area contributed by atoms with Gasteiger partial charge in [0.05, 0.1) is 12.8 Å². The number of thioether (sulfide) groups is 1. The van der Waals surface area contributed by atoms with Gasteiger partial charge in [0.25, 0.3) is 11.8 Å². The molecule has 1 atom stereocenters. The van der Waals surface area contributed by atoms with Gasteiger partial charge in [0.15, 0.2) is 0 Å². The minimum absolute atomic E-state index is 0.0987. The summed E-state index contributed by atoms with van der Waals surface area (Å²) in [5, 5.41) is 8.62. The summed E-state index contributed by atoms with van der Waals surface area (Å²) in [4.78, 5) is 41.0. The van der Waals surface area contributed by atoms with E-state index in [1.807, 2.05) is 86.6 Å². The largest absolute Gasteiger partial charge is 0.495 e. The predicted octanol–water partition coefficient (Wildman–Crippen LogP) is 8.85. The monoisotopic (exact) mass is 675 g/mol. The van der Waals surface area contributed by atoms with E-state index >= 15 is 0 Å². The third kappa shape index (κ3) is 8.94. The number of anilines is 2. The number of hydrogen-bond acceptors (Lipinski definition) is 5. The van der Waals surface area contributed by atoms with Gasteiger partial charge in [-0.2, -0.15) is 0 Å². The first kappa shape index (κ1) is 34.0. The van der Waals surface area contributed by atoms with Crippen molar-refractivity contribution in [3.8, 4) is 5.75 Å². The molecule has 48 heavy (non-hydrogen) atoms. The number of methoxy groups -OCH3 is 1. The van der Waals surface area contributed by atoms with E-state index in [1.165, 1.54) is 18.9 Å². The van der Waals surface area contributed by atoms with Crippen LogP contribution in [-0.2, 0) is 9.59 Å². The zero-order valence-corrected chi connectivity index (χ0v) is 28.2. The molecule has 0 fully saturated rings. The lowest BCUT2D eigenvalue weighted by molar-refractivity contribution is -0.116. The van der Waals surface area contributed by atoms with Crippen molar-refractivity contribution in [2.24, 2.45) is 0 Å². The number of benzene rings is 5. The predicted molar refractivity (Wildman–Crippen MR) is 195 cm³/mol. The van der Waals surface area contributed by atoms with E-state index in [0.29, 0.717) is 27.7 Å². The second-order valence-corrected chi connectivity index (χ2v) is 12.6. The Kier molecular flexibility index (Phi) is 11.3. The number of carbonyl (C=O) groups excluding carboxylic acids is 3. The van der Waals surface area contributed by atoms with E-state index in [2.05, 4.69) is 16.0 Å². The van der Waals surface area contributed by atoms with Crippen LogP contribution in [0, 0.1) is 13.8 Å². The third-order valence-corrected chi connectivity index (χ3v) is 9.00. The van der Waals surface area contributed by atoms with Gasteiger partial charge in [0.1, 0.15) is 16.7 Å². The first-order chi connectivity index (χ1) is 23.2. The average molecular weight is 676 g/mol. The molecule has 0 aliphatic rings. The lowest BCUT2D eigenvalue weighted by atomic mass is 10.1. The Morgan fingerprint density at radius 2 is 1.48 bits per heavy atom. The molecule has 0 spiro atoms. The molecule has 1 unspecified atom stereocenters. The molecule has 0 saturated carbocycles. The first-order valence-electron chi connectivity index (χ1n) is 15.1. The number of hydrogen-bond donors (Lipinski definition) is 3. The van der Waals surface area contributed by atoms with Crippen LogP contribution in [0.2, 0.25) is 5.02 Å². The summed E-state index contributed by atoms with van der Waals surface area (Å²) in [6, 6.07) is 36.5. The lowest BCUT2D eigenvalue weighted by Crippen LogP contribution is -2.30. The molecule has 0 heterocycles. The highest BCUT2D eigenvalue weighted by Crippen LogP contribution is 2.38. The molecule has 0 radical (unpaired) electrons. The lowest BCUT2D eigenvalue weighted by Gasteiger charge is -2.19. The van der Waals surface area contributed by atoms with Crippen LogP contribution in [0.25, 0.3) is 6.08 Å². The van der Waals surface area contributed by atoms with E-state index in [4.69, 9.17) is 16.3 Å². The van der Waals surface area contributed by atoms with Crippen LogP contribution >= 0.6 is 23.4 Å². The van der Waals surface area contributed by atoms with Crippen LogP contribution < -0.4 is 20.7 Å². The molecule has 242 valence electrons. The highest BCUT2D eigenvalue weighted by molar-refractivity contribution is 8.00. The maximum Gasteiger partial charge on any atom is 0.272 e. The Labute approximate surface area is 289 Å². The molecule has 0 aliphatic heterocycles. The molecule has 7 nitrogen and oxygen atoms in total. The van der Waals surface area contributed by atoms with Crippen molar-refractivity contribution in [1.29, 1.82) is 0 Å². The van der Waals surface area contributed by atoms with Crippen molar-refractivity contribution in [2.45, 2.75) is 24.0 Å². The normalized spacial score (nSPS) is 11.7. The summed E-state index contributed by atoms with van der Waals surface area (Å²) in [6.45, 7) is 3.82. The van der Waals surface area contributed by atoms with Crippen LogP contribution in [-0.4, -0.2) is 24.8 Å². The Morgan fingerprint density at radius 1 is 0.792 bits per heavy atom. The summed E-state index contributed by atoms with van der Waals surface area (Å²) in [6.07, 6.45) is 1.65. The van der Waals surface area contributed by atoms with Gasteiger partial charge in [0, 0.05) is 27.2 Å². The number of carbonyl (C=O) groups is 3. The van der Waals surface area contributed by atoms with E-state index in [9.17, 15) is 14.4 Å². The van der Waals surface area contributed by atoms with Crippen molar-refractivity contribution >= 4 is 58.5 Å². The Hall–Kier alpha value is -5.31. The minimum atomic E-state index is -0.593. The fourth-order valence-electron chi connectivity index (χ4n) is 4.85. The Morgan fingerprint density at radius 3 is 2.15 bits per heavy atom. The van der Waals surface area contributed by atoms with Gasteiger partial charge in [-0.1, -0.05) is 90.0 Å². The maximum absolute atomic E-state index is 13.7. The fraction of sp³-hybridized carbons (Fsp3) is 0.103.